The highest BCUT2D eigenvalue weighted by Gasteiger charge is 2.42. The third kappa shape index (κ3) is 3.34. The smallest absolute Gasteiger partial charge is 0.258 e. The molecule has 1 aromatic rings. The van der Waals surface area contributed by atoms with Crippen LogP contribution < -0.4 is 10.1 Å². The van der Waals surface area contributed by atoms with E-state index in [1.807, 2.05) is 12.1 Å². The molecule has 0 saturated heterocycles. The van der Waals surface area contributed by atoms with Crippen molar-refractivity contribution in [2.24, 2.45) is 17.8 Å². The number of carbonyl (C=O) groups excluding carboxylic acids is 1. The summed E-state index contributed by atoms with van der Waals surface area (Å²) in [5.74, 6) is 2.86. The molecule has 0 spiro atoms. The average Bonchev–Trinajstić information content (AvgIpc) is 3.09. The second-order valence-electron chi connectivity index (χ2n) is 6.41. The van der Waals surface area contributed by atoms with Crippen LogP contribution in [-0.2, 0) is 4.79 Å². The van der Waals surface area contributed by atoms with Crippen molar-refractivity contribution in [2.45, 2.75) is 38.6 Å². The first-order chi connectivity index (χ1) is 10.1. The van der Waals surface area contributed by atoms with Crippen LogP contribution in [0, 0.1) is 17.8 Å². The average molecular weight is 308 g/mol. The maximum absolute atomic E-state index is 12.0. The van der Waals surface area contributed by atoms with Crippen LogP contribution in [0.25, 0.3) is 0 Å². The summed E-state index contributed by atoms with van der Waals surface area (Å²) >= 11 is 6.00. The van der Waals surface area contributed by atoms with E-state index in [0.717, 1.165) is 11.8 Å². The van der Waals surface area contributed by atoms with Crippen molar-refractivity contribution < 1.29 is 9.53 Å². The van der Waals surface area contributed by atoms with Gasteiger partial charge in [-0.05, 0) is 56.1 Å². The molecule has 2 aliphatic rings. The molecule has 2 bridgehead atoms. The normalized spacial score (nSPS) is 28.4. The predicted octanol–water partition coefficient (Wildman–Crippen LogP) is 3.66. The Morgan fingerprint density at radius 1 is 1.38 bits per heavy atom. The van der Waals surface area contributed by atoms with Crippen molar-refractivity contribution in [3.05, 3.63) is 29.3 Å². The summed E-state index contributed by atoms with van der Waals surface area (Å²) in [5, 5.41) is 3.62. The van der Waals surface area contributed by atoms with Crippen LogP contribution in [0.4, 0.5) is 0 Å². The second-order valence-corrected chi connectivity index (χ2v) is 6.82. The molecule has 0 aliphatic heterocycles. The summed E-state index contributed by atoms with van der Waals surface area (Å²) < 4.78 is 5.48. The Bertz CT molecular complexity index is 519. The highest BCUT2D eigenvalue weighted by molar-refractivity contribution is 6.32. The number of hydrogen-bond acceptors (Lipinski definition) is 2. The summed E-state index contributed by atoms with van der Waals surface area (Å²) in [6, 6.07) is 7.45. The molecule has 114 valence electrons. The quantitative estimate of drug-likeness (QED) is 0.901. The summed E-state index contributed by atoms with van der Waals surface area (Å²) in [5.41, 5.74) is 0. The standard InChI is InChI=1S/C17H22ClNO2/c1-11(14-9-12-6-7-13(14)8-12)19-17(20)10-21-16-5-3-2-4-15(16)18/h2-5,11-14H,6-10H2,1H3,(H,19,20). The van der Waals surface area contributed by atoms with E-state index in [9.17, 15) is 4.79 Å². The Labute approximate surface area is 131 Å². The van der Waals surface area contributed by atoms with Gasteiger partial charge in [-0.15, -0.1) is 0 Å². The van der Waals surface area contributed by atoms with Crippen LogP contribution >= 0.6 is 11.6 Å². The molecular weight excluding hydrogens is 286 g/mol. The number of hydrogen-bond donors (Lipinski definition) is 1. The molecule has 3 nitrogen and oxygen atoms in total. The van der Waals surface area contributed by atoms with Crippen LogP contribution in [0.3, 0.4) is 0 Å². The van der Waals surface area contributed by atoms with Gasteiger partial charge < -0.3 is 10.1 Å². The molecule has 21 heavy (non-hydrogen) atoms. The van der Waals surface area contributed by atoms with Crippen LogP contribution in [0.15, 0.2) is 24.3 Å². The van der Waals surface area contributed by atoms with E-state index < -0.39 is 0 Å². The Kier molecular flexibility index (Phi) is 4.39. The monoisotopic (exact) mass is 307 g/mol. The minimum Gasteiger partial charge on any atom is -0.482 e. The Balaban J connectivity index is 1.47. The van der Waals surface area contributed by atoms with Gasteiger partial charge in [0, 0.05) is 6.04 Å². The van der Waals surface area contributed by atoms with Gasteiger partial charge in [0.1, 0.15) is 5.75 Å². The summed E-state index contributed by atoms with van der Waals surface area (Å²) in [6.45, 7) is 2.15. The molecule has 4 unspecified atom stereocenters. The molecule has 2 aliphatic carbocycles. The number of benzene rings is 1. The highest BCUT2D eigenvalue weighted by Crippen LogP contribution is 2.49. The fourth-order valence-corrected chi connectivity index (χ4v) is 4.20. The third-order valence-corrected chi connectivity index (χ3v) is 5.33. The van der Waals surface area contributed by atoms with Crippen molar-refractivity contribution in [2.75, 3.05) is 6.61 Å². The number of nitrogens with one attached hydrogen (secondary N) is 1. The maximum atomic E-state index is 12.0. The van der Waals surface area contributed by atoms with Crippen molar-refractivity contribution in [3.8, 4) is 5.75 Å². The third-order valence-electron chi connectivity index (χ3n) is 5.02. The van der Waals surface area contributed by atoms with Gasteiger partial charge in [-0.1, -0.05) is 30.2 Å². The zero-order chi connectivity index (χ0) is 14.8. The van der Waals surface area contributed by atoms with Crippen molar-refractivity contribution in [1.29, 1.82) is 0 Å². The Morgan fingerprint density at radius 3 is 2.86 bits per heavy atom. The van der Waals surface area contributed by atoms with Crippen molar-refractivity contribution in [1.82, 2.24) is 5.32 Å². The molecule has 1 aromatic carbocycles. The molecule has 2 fully saturated rings. The van der Waals surface area contributed by atoms with E-state index in [0.29, 0.717) is 16.7 Å². The van der Waals surface area contributed by atoms with E-state index >= 15 is 0 Å². The molecule has 1 N–H and O–H groups in total. The molecule has 1 amide bonds. The SMILES string of the molecule is CC(NC(=O)COc1ccccc1Cl)C1CC2CCC1C2. The minimum atomic E-state index is -0.0646. The number of fused-ring (bicyclic) bond motifs is 2. The van der Waals surface area contributed by atoms with Gasteiger partial charge in [0.2, 0.25) is 0 Å². The fourth-order valence-electron chi connectivity index (χ4n) is 4.01. The van der Waals surface area contributed by atoms with E-state index in [4.69, 9.17) is 16.3 Å². The number of halogens is 1. The zero-order valence-corrected chi connectivity index (χ0v) is 13.1. The van der Waals surface area contributed by atoms with E-state index in [1.54, 1.807) is 12.1 Å². The number of rotatable bonds is 5. The molecule has 0 heterocycles. The van der Waals surface area contributed by atoms with E-state index in [-0.39, 0.29) is 18.6 Å². The summed E-state index contributed by atoms with van der Waals surface area (Å²) in [6.07, 6.45) is 5.36. The van der Waals surface area contributed by atoms with Gasteiger partial charge in [-0.2, -0.15) is 0 Å². The lowest BCUT2D eigenvalue weighted by molar-refractivity contribution is -0.124. The van der Waals surface area contributed by atoms with Gasteiger partial charge in [0.05, 0.1) is 5.02 Å². The molecule has 4 atom stereocenters. The van der Waals surface area contributed by atoms with Crippen molar-refractivity contribution in [3.63, 3.8) is 0 Å². The Morgan fingerprint density at radius 2 is 2.19 bits per heavy atom. The van der Waals surface area contributed by atoms with Gasteiger partial charge >= 0.3 is 0 Å². The van der Waals surface area contributed by atoms with Gasteiger partial charge in [-0.25, -0.2) is 0 Å². The van der Waals surface area contributed by atoms with Gasteiger partial charge in [0.15, 0.2) is 6.61 Å². The highest BCUT2D eigenvalue weighted by atomic mass is 35.5. The number of ether oxygens (including phenoxy) is 1. The van der Waals surface area contributed by atoms with Crippen LogP contribution in [0.2, 0.25) is 5.02 Å². The topological polar surface area (TPSA) is 38.3 Å². The number of amides is 1. The summed E-state index contributed by atoms with van der Waals surface area (Å²) in [4.78, 5) is 12.0. The van der Waals surface area contributed by atoms with E-state index in [2.05, 4.69) is 12.2 Å². The zero-order valence-electron chi connectivity index (χ0n) is 12.3. The molecule has 3 rings (SSSR count). The lowest BCUT2D eigenvalue weighted by Crippen LogP contribution is -2.42. The predicted molar refractivity (Wildman–Crippen MR) is 83.5 cm³/mol. The van der Waals surface area contributed by atoms with Crippen LogP contribution in [-0.4, -0.2) is 18.6 Å². The fraction of sp³-hybridized carbons (Fsp3) is 0.588. The van der Waals surface area contributed by atoms with Crippen LogP contribution in [0.1, 0.15) is 32.6 Å². The van der Waals surface area contributed by atoms with Crippen LogP contribution in [0.5, 0.6) is 5.75 Å². The molecule has 4 heteroatoms. The van der Waals surface area contributed by atoms with Gasteiger partial charge in [-0.3, -0.25) is 4.79 Å². The van der Waals surface area contributed by atoms with E-state index in [1.165, 1.54) is 25.7 Å². The lowest BCUT2D eigenvalue weighted by atomic mass is 9.84. The Hall–Kier alpha value is -1.22. The number of para-hydroxylation sites is 1. The maximum Gasteiger partial charge on any atom is 0.258 e. The lowest BCUT2D eigenvalue weighted by Gasteiger charge is -2.28. The first-order valence-corrected chi connectivity index (χ1v) is 8.18. The molecule has 0 aromatic heterocycles. The first-order valence-electron chi connectivity index (χ1n) is 7.80. The molecule has 0 radical (unpaired) electrons. The number of carbonyl (C=O) groups is 1. The minimum absolute atomic E-state index is 0.0227. The first kappa shape index (κ1) is 14.7. The van der Waals surface area contributed by atoms with Crippen molar-refractivity contribution >= 4 is 17.5 Å². The largest absolute Gasteiger partial charge is 0.482 e. The second kappa shape index (κ2) is 6.27. The molecular formula is C17H22ClNO2. The molecule has 2 saturated carbocycles. The summed E-state index contributed by atoms with van der Waals surface area (Å²) in [7, 11) is 0. The van der Waals surface area contributed by atoms with Gasteiger partial charge in [0.25, 0.3) is 5.91 Å².